The number of imidazole rings is 1. The Balaban J connectivity index is 1.92. The Bertz CT molecular complexity index is 1050. The smallest absolute Gasteiger partial charge is 0.194 e. The van der Waals surface area contributed by atoms with E-state index in [1.807, 2.05) is 18.2 Å². The van der Waals surface area contributed by atoms with Gasteiger partial charge in [0.05, 0.1) is 27.1 Å². The molecule has 2 aromatic heterocycles. The van der Waals surface area contributed by atoms with Crippen molar-refractivity contribution in [2.45, 2.75) is 6.92 Å². The minimum atomic E-state index is -1.49. The number of nitrogens with one attached hydrogen (secondary N) is 1. The van der Waals surface area contributed by atoms with E-state index >= 15 is 0 Å². The van der Waals surface area contributed by atoms with Crippen molar-refractivity contribution in [3.05, 3.63) is 59.1 Å². The Morgan fingerprint density at radius 2 is 1.75 bits per heavy atom. The number of H-pyrrole nitrogens is 1. The van der Waals surface area contributed by atoms with Crippen LogP contribution in [0, 0.1) is 24.4 Å². The molecule has 0 aliphatic heterocycles. The van der Waals surface area contributed by atoms with Gasteiger partial charge in [-0.1, -0.05) is 6.07 Å². The Kier molecular flexibility index (Phi) is 3.38. The molecular weight excluding hydrogens is 335 g/mol. The maximum Gasteiger partial charge on any atom is 0.194 e. The Hall–Kier alpha value is -2.67. The lowest BCUT2D eigenvalue weighted by Crippen LogP contribution is -1.93. The van der Waals surface area contributed by atoms with Crippen LogP contribution in [0.3, 0.4) is 0 Å². The van der Waals surface area contributed by atoms with Crippen molar-refractivity contribution in [1.29, 1.82) is 0 Å². The first-order chi connectivity index (χ1) is 11.5. The average molecular weight is 345 g/mol. The highest BCUT2D eigenvalue weighted by molar-refractivity contribution is 7.16. The zero-order valence-electron chi connectivity index (χ0n) is 12.4. The van der Waals surface area contributed by atoms with Crippen LogP contribution in [-0.2, 0) is 0 Å². The van der Waals surface area contributed by atoms with Crippen LogP contribution in [0.25, 0.3) is 32.7 Å². The van der Waals surface area contributed by atoms with Crippen LogP contribution in [-0.4, -0.2) is 15.0 Å². The molecule has 2 heterocycles. The van der Waals surface area contributed by atoms with Crippen LogP contribution in [0.1, 0.15) is 5.82 Å². The van der Waals surface area contributed by atoms with E-state index in [9.17, 15) is 13.2 Å². The van der Waals surface area contributed by atoms with E-state index < -0.39 is 17.5 Å². The number of aromatic amines is 1. The standard InChI is InChI=1S/C17H10F3N3S/c1-8-22-16(9-2-3-13-14(6-9)24-7-21-13)17(23-8)10-4-11(18)15(20)12(19)5-10/h2-7H,1H3,(H,22,23). The minimum absolute atomic E-state index is 0.176. The maximum absolute atomic E-state index is 13.6. The first-order valence-electron chi connectivity index (χ1n) is 7.08. The molecule has 1 N–H and O–H groups in total. The quantitative estimate of drug-likeness (QED) is 0.515. The molecule has 24 heavy (non-hydrogen) atoms. The van der Waals surface area contributed by atoms with Crippen molar-refractivity contribution in [1.82, 2.24) is 15.0 Å². The molecule has 0 saturated carbocycles. The van der Waals surface area contributed by atoms with E-state index in [-0.39, 0.29) is 5.56 Å². The number of rotatable bonds is 2. The van der Waals surface area contributed by atoms with Gasteiger partial charge < -0.3 is 4.98 Å². The van der Waals surface area contributed by atoms with Gasteiger partial charge in [-0.15, -0.1) is 11.3 Å². The van der Waals surface area contributed by atoms with Crippen molar-refractivity contribution < 1.29 is 13.2 Å². The predicted octanol–water partition coefficient (Wildman–Crippen LogP) is 5.08. The number of halogens is 3. The lowest BCUT2D eigenvalue weighted by molar-refractivity contribution is 0.447. The molecule has 0 amide bonds. The monoisotopic (exact) mass is 345 g/mol. The van der Waals surface area contributed by atoms with Gasteiger partial charge in [0.2, 0.25) is 0 Å². The van der Waals surface area contributed by atoms with Gasteiger partial charge in [0, 0.05) is 11.1 Å². The molecule has 4 aromatic rings. The van der Waals surface area contributed by atoms with E-state index in [1.54, 1.807) is 12.4 Å². The van der Waals surface area contributed by atoms with Gasteiger partial charge in [0.1, 0.15) is 5.82 Å². The Labute approximate surface area is 138 Å². The van der Waals surface area contributed by atoms with Gasteiger partial charge in [0.15, 0.2) is 17.5 Å². The molecule has 120 valence electrons. The van der Waals surface area contributed by atoms with Crippen LogP contribution < -0.4 is 0 Å². The van der Waals surface area contributed by atoms with Gasteiger partial charge in [0.25, 0.3) is 0 Å². The van der Waals surface area contributed by atoms with E-state index in [0.717, 1.165) is 27.9 Å². The number of hydrogen-bond donors (Lipinski definition) is 1. The van der Waals surface area contributed by atoms with Crippen molar-refractivity contribution in [2.24, 2.45) is 0 Å². The normalized spacial score (nSPS) is 11.3. The van der Waals surface area contributed by atoms with E-state index in [1.165, 1.54) is 11.3 Å². The fourth-order valence-corrected chi connectivity index (χ4v) is 3.33. The number of fused-ring (bicyclic) bond motifs is 1. The first-order valence-corrected chi connectivity index (χ1v) is 7.96. The second kappa shape index (κ2) is 5.45. The average Bonchev–Trinajstić information content (AvgIpc) is 3.17. The number of aromatic nitrogens is 3. The third-order valence-electron chi connectivity index (χ3n) is 3.70. The highest BCUT2D eigenvalue weighted by Crippen LogP contribution is 2.33. The van der Waals surface area contributed by atoms with Crippen molar-refractivity contribution in [2.75, 3.05) is 0 Å². The van der Waals surface area contributed by atoms with Gasteiger partial charge in [-0.25, -0.2) is 23.1 Å². The van der Waals surface area contributed by atoms with E-state index in [2.05, 4.69) is 15.0 Å². The summed E-state index contributed by atoms with van der Waals surface area (Å²) in [4.78, 5) is 11.6. The summed E-state index contributed by atoms with van der Waals surface area (Å²) >= 11 is 1.50. The molecule has 0 radical (unpaired) electrons. The molecule has 0 unspecified atom stereocenters. The van der Waals surface area contributed by atoms with Crippen molar-refractivity contribution in [3.8, 4) is 22.5 Å². The fraction of sp³-hybridized carbons (Fsp3) is 0.0588. The molecule has 0 fully saturated rings. The van der Waals surface area contributed by atoms with Gasteiger partial charge in [-0.05, 0) is 31.2 Å². The molecule has 0 atom stereocenters. The summed E-state index contributed by atoms with van der Waals surface area (Å²) in [5, 5.41) is 0. The predicted molar refractivity (Wildman–Crippen MR) is 87.2 cm³/mol. The highest BCUT2D eigenvalue weighted by atomic mass is 32.1. The highest BCUT2D eigenvalue weighted by Gasteiger charge is 2.18. The van der Waals surface area contributed by atoms with E-state index in [0.29, 0.717) is 17.2 Å². The van der Waals surface area contributed by atoms with Gasteiger partial charge in [-0.2, -0.15) is 0 Å². The fourth-order valence-electron chi connectivity index (χ4n) is 2.61. The minimum Gasteiger partial charge on any atom is -0.342 e. The zero-order chi connectivity index (χ0) is 16.8. The third kappa shape index (κ3) is 2.37. The first kappa shape index (κ1) is 14.9. The summed E-state index contributed by atoms with van der Waals surface area (Å²) in [6.07, 6.45) is 0. The summed E-state index contributed by atoms with van der Waals surface area (Å²) in [6, 6.07) is 7.55. The van der Waals surface area contributed by atoms with Crippen molar-refractivity contribution >= 4 is 21.6 Å². The summed E-state index contributed by atoms with van der Waals surface area (Å²) in [6.45, 7) is 1.74. The summed E-state index contributed by atoms with van der Waals surface area (Å²) < 4.78 is 41.3. The van der Waals surface area contributed by atoms with Gasteiger partial charge >= 0.3 is 0 Å². The molecular formula is C17H10F3N3S. The SMILES string of the molecule is Cc1nc(-c2cc(F)c(F)c(F)c2)c(-c2ccc3ncsc3c2)[nH]1. The molecule has 0 aliphatic carbocycles. The molecule has 0 aliphatic rings. The van der Waals surface area contributed by atoms with Crippen LogP contribution >= 0.6 is 11.3 Å². The summed E-state index contributed by atoms with van der Waals surface area (Å²) in [7, 11) is 0. The van der Waals surface area contributed by atoms with Crippen molar-refractivity contribution in [3.63, 3.8) is 0 Å². The number of aryl methyl sites for hydroxylation is 1. The second-order valence-electron chi connectivity index (χ2n) is 5.33. The summed E-state index contributed by atoms with van der Waals surface area (Å²) in [5.74, 6) is -3.38. The zero-order valence-corrected chi connectivity index (χ0v) is 13.2. The topological polar surface area (TPSA) is 41.6 Å². The number of hydrogen-bond acceptors (Lipinski definition) is 3. The molecule has 0 saturated heterocycles. The Morgan fingerprint density at radius 3 is 2.50 bits per heavy atom. The van der Waals surface area contributed by atoms with E-state index in [4.69, 9.17) is 0 Å². The number of nitrogens with zero attached hydrogens (tertiary/aromatic N) is 2. The van der Waals surface area contributed by atoms with Gasteiger partial charge in [-0.3, -0.25) is 0 Å². The second-order valence-corrected chi connectivity index (χ2v) is 6.22. The third-order valence-corrected chi connectivity index (χ3v) is 4.49. The molecule has 3 nitrogen and oxygen atoms in total. The Morgan fingerprint density at radius 1 is 1.00 bits per heavy atom. The number of thiazole rings is 1. The lowest BCUT2D eigenvalue weighted by atomic mass is 10.0. The van der Waals surface area contributed by atoms with Crippen LogP contribution in [0.4, 0.5) is 13.2 Å². The van der Waals surface area contributed by atoms with Crippen LogP contribution in [0.5, 0.6) is 0 Å². The maximum atomic E-state index is 13.6. The summed E-state index contributed by atoms with van der Waals surface area (Å²) in [5.41, 5.74) is 4.60. The number of benzene rings is 2. The van der Waals surface area contributed by atoms with Crippen LogP contribution in [0.2, 0.25) is 0 Å². The molecule has 0 spiro atoms. The molecule has 7 heteroatoms. The molecule has 2 aromatic carbocycles. The molecule has 0 bridgehead atoms. The lowest BCUT2D eigenvalue weighted by Gasteiger charge is -2.05. The molecule has 4 rings (SSSR count). The largest absolute Gasteiger partial charge is 0.342 e. The van der Waals surface area contributed by atoms with Crippen LogP contribution in [0.15, 0.2) is 35.8 Å².